The summed E-state index contributed by atoms with van der Waals surface area (Å²) in [5.41, 5.74) is 0.448. The maximum atomic E-state index is 11.9. The van der Waals surface area contributed by atoms with Crippen molar-refractivity contribution in [3.8, 4) is 0 Å². The fourth-order valence-corrected chi connectivity index (χ4v) is 2.19. The molecule has 1 rings (SSSR count). The largest absolute Gasteiger partial charge is 0.383 e. The number of methoxy groups -OCH3 is 1. The van der Waals surface area contributed by atoms with E-state index < -0.39 is 0 Å². The van der Waals surface area contributed by atoms with Crippen molar-refractivity contribution >= 4 is 45.0 Å². The first-order chi connectivity index (χ1) is 8.56. The lowest BCUT2D eigenvalue weighted by Crippen LogP contribution is -2.27. The van der Waals surface area contributed by atoms with Crippen molar-refractivity contribution < 1.29 is 9.53 Å². The summed E-state index contributed by atoms with van der Waals surface area (Å²) in [5, 5.41) is 3.08. The standard InChI is InChI=1S/C12H14BrCl2NO2/c1-18-7-8(14)5-6-16-12(17)9-3-2-4-10(13)11(9)15/h2-4,8H,5-7H2,1H3,(H,16,17). The Balaban J connectivity index is 2.48. The number of carbonyl (C=O) groups excluding carboxylic acids is 1. The van der Waals surface area contributed by atoms with Crippen LogP contribution < -0.4 is 5.32 Å². The van der Waals surface area contributed by atoms with Crippen molar-refractivity contribution in [3.63, 3.8) is 0 Å². The van der Waals surface area contributed by atoms with Crippen LogP contribution in [0.3, 0.4) is 0 Å². The summed E-state index contributed by atoms with van der Waals surface area (Å²) in [6.07, 6.45) is 0.646. The molecule has 0 saturated heterocycles. The van der Waals surface area contributed by atoms with Gasteiger partial charge in [0.2, 0.25) is 0 Å². The van der Waals surface area contributed by atoms with Gasteiger partial charge >= 0.3 is 0 Å². The van der Waals surface area contributed by atoms with Gasteiger partial charge in [0.1, 0.15) is 0 Å². The van der Waals surface area contributed by atoms with Crippen LogP contribution in [0.5, 0.6) is 0 Å². The van der Waals surface area contributed by atoms with E-state index in [1.165, 1.54) is 0 Å². The van der Waals surface area contributed by atoms with Crippen LogP contribution in [0.25, 0.3) is 0 Å². The van der Waals surface area contributed by atoms with Gasteiger partial charge in [-0.05, 0) is 34.5 Å². The number of benzene rings is 1. The molecule has 1 amide bonds. The third-order valence-corrected chi connectivity index (χ3v) is 3.93. The van der Waals surface area contributed by atoms with Gasteiger partial charge in [-0.2, -0.15) is 0 Å². The van der Waals surface area contributed by atoms with E-state index >= 15 is 0 Å². The van der Waals surface area contributed by atoms with Gasteiger partial charge in [-0.1, -0.05) is 17.7 Å². The molecule has 0 aromatic heterocycles. The van der Waals surface area contributed by atoms with Crippen molar-refractivity contribution in [2.45, 2.75) is 11.8 Å². The number of halogens is 3. The lowest BCUT2D eigenvalue weighted by atomic mass is 10.2. The molecule has 1 N–H and O–H groups in total. The molecule has 0 heterocycles. The zero-order chi connectivity index (χ0) is 13.5. The lowest BCUT2D eigenvalue weighted by Gasteiger charge is -2.10. The molecule has 0 aliphatic carbocycles. The van der Waals surface area contributed by atoms with E-state index in [0.29, 0.717) is 34.6 Å². The average Bonchev–Trinajstić information content (AvgIpc) is 2.33. The Morgan fingerprint density at radius 1 is 1.56 bits per heavy atom. The highest BCUT2D eigenvalue weighted by Gasteiger charge is 2.12. The Labute approximate surface area is 125 Å². The first-order valence-corrected chi connectivity index (χ1v) is 7.02. The highest BCUT2D eigenvalue weighted by Crippen LogP contribution is 2.25. The van der Waals surface area contributed by atoms with Crippen molar-refractivity contribution in [1.29, 1.82) is 0 Å². The van der Waals surface area contributed by atoms with Crippen LogP contribution in [-0.2, 0) is 4.74 Å². The van der Waals surface area contributed by atoms with E-state index in [1.54, 1.807) is 25.3 Å². The Morgan fingerprint density at radius 3 is 2.94 bits per heavy atom. The molecule has 100 valence electrons. The van der Waals surface area contributed by atoms with Gasteiger partial charge in [0.25, 0.3) is 5.91 Å². The normalized spacial score (nSPS) is 12.2. The van der Waals surface area contributed by atoms with E-state index in [-0.39, 0.29) is 11.3 Å². The molecule has 3 nitrogen and oxygen atoms in total. The SMILES string of the molecule is COCC(Cl)CCNC(=O)c1cccc(Br)c1Cl. The second-order valence-corrected chi connectivity index (χ2v) is 5.55. The topological polar surface area (TPSA) is 38.3 Å². The van der Waals surface area contributed by atoms with Crippen LogP contribution >= 0.6 is 39.1 Å². The van der Waals surface area contributed by atoms with Gasteiger partial charge in [0, 0.05) is 18.1 Å². The minimum absolute atomic E-state index is 0.103. The molecule has 1 aromatic rings. The van der Waals surface area contributed by atoms with E-state index in [9.17, 15) is 4.79 Å². The van der Waals surface area contributed by atoms with Crippen LogP contribution in [0.15, 0.2) is 22.7 Å². The molecule has 0 radical (unpaired) electrons. The van der Waals surface area contributed by atoms with Crippen LogP contribution in [0.2, 0.25) is 5.02 Å². The quantitative estimate of drug-likeness (QED) is 0.794. The van der Waals surface area contributed by atoms with E-state index in [0.717, 1.165) is 0 Å². The van der Waals surface area contributed by atoms with Crippen molar-refractivity contribution in [2.24, 2.45) is 0 Å². The fourth-order valence-electron chi connectivity index (χ4n) is 1.38. The van der Waals surface area contributed by atoms with Gasteiger partial charge in [-0.15, -0.1) is 11.6 Å². The van der Waals surface area contributed by atoms with Gasteiger partial charge in [-0.3, -0.25) is 4.79 Å². The Hall–Kier alpha value is -0.290. The molecule has 0 saturated carbocycles. The highest BCUT2D eigenvalue weighted by atomic mass is 79.9. The number of hydrogen-bond acceptors (Lipinski definition) is 2. The predicted molar refractivity (Wildman–Crippen MR) is 77.6 cm³/mol. The van der Waals surface area contributed by atoms with Crippen molar-refractivity contribution in [3.05, 3.63) is 33.3 Å². The summed E-state index contributed by atoms with van der Waals surface area (Å²) in [6.45, 7) is 0.953. The summed E-state index contributed by atoms with van der Waals surface area (Å²) < 4.78 is 5.61. The monoisotopic (exact) mass is 353 g/mol. The van der Waals surface area contributed by atoms with Gasteiger partial charge in [0.05, 0.1) is 22.6 Å². The summed E-state index contributed by atoms with van der Waals surface area (Å²) in [6, 6.07) is 5.22. The number of amides is 1. The van der Waals surface area contributed by atoms with Crippen LogP contribution in [0, 0.1) is 0 Å². The van der Waals surface area contributed by atoms with E-state index in [1.807, 2.05) is 0 Å². The smallest absolute Gasteiger partial charge is 0.252 e. The molecule has 18 heavy (non-hydrogen) atoms. The Morgan fingerprint density at radius 2 is 2.28 bits per heavy atom. The zero-order valence-electron chi connectivity index (χ0n) is 9.88. The number of ether oxygens (including phenoxy) is 1. The second-order valence-electron chi connectivity index (χ2n) is 3.70. The molecule has 1 unspecified atom stereocenters. The Bertz CT molecular complexity index is 415. The number of hydrogen-bond donors (Lipinski definition) is 1. The molecule has 0 fully saturated rings. The molecule has 0 aliphatic heterocycles. The summed E-state index contributed by atoms with van der Waals surface area (Å²) in [4.78, 5) is 11.9. The van der Waals surface area contributed by atoms with E-state index in [4.69, 9.17) is 27.9 Å². The average molecular weight is 355 g/mol. The first kappa shape index (κ1) is 15.8. The maximum absolute atomic E-state index is 11.9. The molecular weight excluding hydrogens is 341 g/mol. The predicted octanol–water partition coefficient (Wildman–Crippen LogP) is 3.48. The first-order valence-electron chi connectivity index (χ1n) is 5.41. The van der Waals surface area contributed by atoms with Crippen LogP contribution in [-0.4, -0.2) is 31.5 Å². The van der Waals surface area contributed by atoms with Crippen LogP contribution in [0.4, 0.5) is 0 Å². The summed E-state index contributed by atoms with van der Waals surface area (Å²) in [7, 11) is 1.59. The van der Waals surface area contributed by atoms with Gasteiger partial charge in [-0.25, -0.2) is 0 Å². The number of carbonyl (C=O) groups is 1. The second kappa shape index (κ2) is 8.00. The minimum Gasteiger partial charge on any atom is -0.383 e. The van der Waals surface area contributed by atoms with Crippen LogP contribution in [0.1, 0.15) is 16.8 Å². The van der Waals surface area contributed by atoms with Gasteiger partial charge < -0.3 is 10.1 Å². The fraction of sp³-hybridized carbons (Fsp3) is 0.417. The molecule has 1 aromatic carbocycles. The van der Waals surface area contributed by atoms with Crippen molar-refractivity contribution in [2.75, 3.05) is 20.3 Å². The van der Waals surface area contributed by atoms with Gasteiger partial charge in [0.15, 0.2) is 0 Å². The zero-order valence-corrected chi connectivity index (χ0v) is 13.0. The third-order valence-electron chi connectivity index (χ3n) is 2.29. The highest BCUT2D eigenvalue weighted by molar-refractivity contribution is 9.10. The molecule has 0 aliphatic rings. The van der Waals surface area contributed by atoms with E-state index in [2.05, 4.69) is 21.2 Å². The molecule has 0 spiro atoms. The number of rotatable bonds is 6. The molecule has 0 bridgehead atoms. The summed E-state index contributed by atoms with van der Waals surface area (Å²) >= 11 is 15.3. The Kier molecular flexibility index (Phi) is 7.00. The number of alkyl halides is 1. The summed E-state index contributed by atoms with van der Waals surface area (Å²) in [5.74, 6) is -0.206. The molecule has 6 heteroatoms. The minimum atomic E-state index is -0.206. The number of nitrogens with one attached hydrogen (secondary N) is 1. The molecule has 1 atom stereocenters. The lowest BCUT2D eigenvalue weighted by molar-refractivity contribution is 0.0952. The molecular formula is C12H14BrCl2NO2. The maximum Gasteiger partial charge on any atom is 0.252 e. The van der Waals surface area contributed by atoms with Crippen molar-refractivity contribution in [1.82, 2.24) is 5.32 Å². The third kappa shape index (κ3) is 4.76.